The molecule has 172 valence electrons. The molecule has 32 heavy (non-hydrogen) atoms. The van der Waals surface area contributed by atoms with Crippen LogP contribution in [0.2, 0.25) is 5.04 Å². The number of halogens is 2. The standard InChI is InChI=1S/C24H28ClIO5Si/c1-24(2,3)32(19-11-7-5-8-12-19,20-13-9-6-10-14-20)30-17-18(15-16-21(27)29-4)31-23(28)22(25)26/h5-16,18,22H,17H2,1-4H3/b16-15+/t18-,22?/m1/s1. The largest absolute Gasteiger partial charge is 0.466 e. The van der Waals surface area contributed by atoms with Gasteiger partial charge in [0.05, 0.1) is 13.7 Å². The number of carbonyl (C=O) groups is 2. The van der Waals surface area contributed by atoms with Gasteiger partial charge in [-0.15, -0.1) is 0 Å². The number of rotatable bonds is 9. The molecule has 0 aromatic heterocycles. The van der Waals surface area contributed by atoms with E-state index in [9.17, 15) is 9.59 Å². The molecule has 0 saturated heterocycles. The Hall–Kier alpha value is -1.68. The average Bonchev–Trinajstić information content (AvgIpc) is 2.77. The van der Waals surface area contributed by atoms with Crippen molar-refractivity contribution in [3.63, 3.8) is 0 Å². The Morgan fingerprint density at radius 1 is 1.03 bits per heavy atom. The van der Waals surface area contributed by atoms with Gasteiger partial charge < -0.3 is 13.9 Å². The van der Waals surface area contributed by atoms with Gasteiger partial charge in [0.1, 0.15) is 6.10 Å². The molecule has 0 heterocycles. The van der Waals surface area contributed by atoms with Gasteiger partial charge in [0, 0.05) is 6.08 Å². The highest BCUT2D eigenvalue weighted by Crippen LogP contribution is 2.37. The minimum atomic E-state index is -2.83. The van der Waals surface area contributed by atoms with Crippen LogP contribution in [-0.2, 0) is 23.5 Å². The van der Waals surface area contributed by atoms with Crippen LogP contribution < -0.4 is 10.4 Å². The molecule has 0 aliphatic heterocycles. The summed E-state index contributed by atoms with van der Waals surface area (Å²) in [5.41, 5.74) is 0. The van der Waals surface area contributed by atoms with Crippen molar-refractivity contribution in [1.29, 1.82) is 0 Å². The van der Waals surface area contributed by atoms with Gasteiger partial charge in [-0.25, -0.2) is 9.59 Å². The zero-order chi connectivity index (χ0) is 23.8. The van der Waals surface area contributed by atoms with Crippen LogP contribution in [0.3, 0.4) is 0 Å². The van der Waals surface area contributed by atoms with Gasteiger partial charge in [-0.3, -0.25) is 0 Å². The Balaban J connectivity index is 2.50. The molecule has 0 spiro atoms. The second-order valence-corrected chi connectivity index (χ2v) is 14.9. The molecular formula is C24H28ClIO5Si. The van der Waals surface area contributed by atoms with Crippen LogP contribution in [0.4, 0.5) is 0 Å². The predicted octanol–water partition coefficient (Wildman–Crippen LogP) is 4.20. The summed E-state index contributed by atoms with van der Waals surface area (Å²) in [5, 5.41) is 1.96. The lowest BCUT2D eigenvalue weighted by atomic mass is 10.2. The molecule has 2 rings (SSSR count). The van der Waals surface area contributed by atoms with E-state index in [1.54, 1.807) is 22.6 Å². The van der Waals surface area contributed by atoms with Gasteiger partial charge in [-0.2, -0.15) is 0 Å². The molecule has 0 radical (unpaired) electrons. The number of alkyl halides is 2. The summed E-state index contributed by atoms with van der Waals surface area (Å²) in [6.07, 6.45) is 1.89. The van der Waals surface area contributed by atoms with Crippen LogP contribution in [0.15, 0.2) is 72.8 Å². The molecule has 0 bridgehead atoms. The highest BCUT2D eigenvalue weighted by atomic mass is 127. The topological polar surface area (TPSA) is 61.8 Å². The number of carbonyl (C=O) groups excluding carboxylic acids is 2. The van der Waals surface area contributed by atoms with E-state index in [4.69, 9.17) is 20.8 Å². The quantitative estimate of drug-likeness (QED) is 0.145. The molecule has 0 saturated carbocycles. The smallest absolute Gasteiger partial charge is 0.334 e. The Morgan fingerprint density at radius 2 is 1.53 bits per heavy atom. The summed E-state index contributed by atoms with van der Waals surface area (Å²) in [5.74, 6) is -1.15. The van der Waals surface area contributed by atoms with E-state index in [1.807, 2.05) is 36.4 Å². The fourth-order valence-electron chi connectivity index (χ4n) is 3.55. The van der Waals surface area contributed by atoms with Gasteiger partial charge in [0.2, 0.25) is 0 Å². The Kier molecular flexibility index (Phi) is 9.94. The molecule has 1 unspecified atom stereocenters. The third-order valence-corrected chi connectivity index (χ3v) is 10.7. The summed E-state index contributed by atoms with van der Waals surface area (Å²) < 4.78 is 16.1. The molecule has 0 fully saturated rings. The van der Waals surface area contributed by atoms with Crippen molar-refractivity contribution < 1.29 is 23.5 Å². The second-order valence-electron chi connectivity index (χ2n) is 8.13. The Bertz CT molecular complexity index is 873. The average molecular weight is 587 g/mol. The van der Waals surface area contributed by atoms with Crippen molar-refractivity contribution in [1.82, 2.24) is 0 Å². The number of hydrogen-bond acceptors (Lipinski definition) is 5. The van der Waals surface area contributed by atoms with Crippen molar-refractivity contribution >= 4 is 64.8 Å². The fourth-order valence-corrected chi connectivity index (χ4v) is 8.32. The van der Waals surface area contributed by atoms with Crippen LogP contribution in [0, 0.1) is 0 Å². The number of ether oxygens (including phenoxy) is 2. The molecule has 0 aliphatic rings. The van der Waals surface area contributed by atoms with Crippen molar-refractivity contribution in [2.45, 2.75) is 35.3 Å². The van der Waals surface area contributed by atoms with Gasteiger partial charge in [-0.05, 0) is 21.5 Å². The third kappa shape index (κ3) is 6.66. The summed E-state index contributed by atoms with van der Waals surface area (Å²) >= 11 is 7.65. The molecular weight excluding hydrogens is 559 g/mol. The van der Waals surface area contributed by atoms with E-state index in [0.717, 1.165) is 10.4 Å². The summed E-state index contributed by atoms with van der Waals surface area (Å²) in [6, 6.07) is 20.3. The molecule has 0 N–H and O–H groups in total. The van der Waals surface area contributed by atoms with Gasteiger partial charge >= 0.3 is 11.9 Å². The lowest BCUT2D eigenvalue weighted by Gasteiger charge is -2.43. The normalized spacial score (nSPS) is 14.1. The number of benzene rings is 2. The highest BCUT2D eigenvalue weighted by Gasteiger charge is 2.50. The van der Waals surface area contributed by atoms with E-state index < -0.39 is 29.7 Å². The maximum atomic E-state index is 12.2. The van der Waals surface area contributed by atoms with E-state index >= 15 is 0 Å². The van der Waals surface area contributed by atoms with Gasteiger partial charge in [0.15, 0.2) is 3.38 Å². The summed E-state index contributed by atoms with van der Waals surface area (Å²) in [6.45, 7) is 6.53. The first-order valence-corrected chi connectivity index (χ1v) is 13.7. The summed E-state index contributed by atoms with van der Waals surface area (Å²) in [4.78, 5) is 23.8. The van der Waals surface area contributed by atoms with Crippen LogP contribution in [0.5, 0.6) is 0 Å². The van der Waals surface area contributed by atoms with Crippen molar-refractivity contribution in [3.05, 3.63) is 72.8 Å². The van der Waals surface area contributed by atoms with Gasteiger partial charge in [0.25, 0.3) is 8.32 Å². The molecule has 0 aliphatic carbocycles. The minimum Gasteiger partial charge on any atom is -0.466 e. The third-order valence-electron chi connectivity index (χ3n) is 4.97. The van der Waals surface area contributed by atoms with E-state index in [-0.39, 0.29) is 11.6 Å². The zero-order valence-electron chi connectivity index (χ0n) is 18.6. The van der Waals surface area contributed by atoms with Crippen LogP contribution in [-0.4, -0.2) is 43.5 Å². The van der Waals surface area contributed by atoms with Crippen molar-refractivity contribution in [2.75, 3.05) is 13.7 Å². The molecule has 0 amide bonds. The molecule has 8 heteroatoms. The van der Waals surface area contributed by atoms with E-state index in [2.05, 4.69) is 49.8 Å². The summed E-state index contributed by atoms with van der Waals surface area (Å²) in [7, 11) is -1.55. The van der Waals surface area contributed by atoms with Gasteiger partial charge in [-0.1, -0.05) is 116 Å². The highest BCUT2D eigenvalue weighted by molar-refractivity contribution is 14.1. The van der Waals surface area contributed by atoms with Crippen LogP contribution in [0.25, 0.3) is 0 Å². The number of hydrogen-bond donors (Lipinski definition) is 0. The van der Waals surface area contributed by atoms with Crippen molar-refractivity contribution in [3.8, 4) is 0 Å². The van der Waals surface area contributed by atoms with Crippen molar-refractivity contribution in [2.24, 2.45) is 0 Å². The first-order valence-electron chi connectivity index (χ1n) is 10.1. The molecule has 2 atom stereocenters. The Morgan fingerprint density at radius 3 is 1.94 bits per heavy atom. The molecule has 2 aromatic rings. The van der Waals surface area contributed by atoms with Crippen LogP contribution in [0.1, 0.15) is 20.8 Å². The number of methoxy groups -OCH3 is 1. The SMILES string of the molecule is COC(=O)/C=C/[C@H](CO[Si](c1ccccc1)(c1ccccc1)C(C)(C)C)OC(=O)C(Cl)I. The monoisotopic (exact) mass is 586 g/mol. The maximum absolute atomic E-state index is 12.2. The second kappa shape index (κ2) is 12.0. The first-order chi connectivity index (χ1) is 15.1. The maximum Gasteiger partial charge on any atom is 0.334 e. The van der Waals surface area contributed by atoms with Crippen LogP contribution >= 0.6 is 34.2 Å². The lowest BCUT2D eigenvalue weighted by Crippen LogP contribution is -2.67. The predicted molar refractivity (Wildman–Crippen MR) is 138 cm³/mol. The first kappa shape index (κ1) is 26.6. The Labute approximate surface area is 209 Å². The zero-order valence-corrected chi connectivity index (χ0v) is 22.5. The number of esters is 2. The lowest BCUT2D eigenvalue weighted by molar-refractivity contribution is -0.145. The van der Waals surface area contributed by atoms with E-state index in [1.165, 1.54) is 19.3 Å². The molecule has 5 nitrogen and oxygen atoms in total. The fraction of sp³-hybridized carbons (Fsp3) is 0.333. The molecule has 2 aromatic carbocycles. The minimum absolute atomic E-state index is 0.0623. The van der Waals surface area contributed by atoms with E-state index in [0.29, 0.717) is 0 Å².